The van der Waals surface area contributed by atoms with Gasteiger partial charge in [0.2, 0.25) is 0 Å². The second kappa shape index (κ2) is 5.98. The monoisotopic (exact) mass is 341 g/mol. The molecule has 5 rings (SSSR count). The number of hydrogen-bond donors (Lipinski definition) is 0. The van der Waals surface area contributed by atoms with Crippen LogP contribution in [0.4, 0.5) is 0 Å². The Hall–Kier alpha value is -2.61. The zero-order valence-electron chi connectivity index (χ0n) is 14.9. The molecule has 2 heteroatoms. The van der Waals surface area contributed by atoms with Crippen LogP contribution in [-0.4, -0.2) is 4.57 Å². The van der Waals surface area contributed by atoms with Crippen molar-refractivity contribution in [3.63, 3.8) is 0 Å². The standard InChI is InChI=1S/C24H23NO/c26-22-17-21(18-9-3-1-4-10-18)20-13-7-14-24(19-11-5-2-6-12-19)15-8-16-25(22)23(20)24/h1-6,9-12,17H,7-8,13-16H2. The minimum Gasteiger partial charge on any atom is -0.311 e. The van der Waals surface area contributed by atoms with Gasteiger partial charge in [-0.1, -0.05) is 60.7 Å². The Morgan fingerprint density at radius 2 is 1.54 bits per heavy atom. The largest absolute Gasteiger partial charge is 0.311 e. The van der Waals surface area contributed by atoms with Crippen molar-refractivity contribution in [3.05, 3.63) is 93.9 Å². The normalized spacial score (nSPS) is 21.2. The van der Waals surface area contributed by atoms with Crippen LogP contribution in [-0.2, 0) is 18.4 Å². The van der Waals surface area contributed by atoms with Crippen LogP contribution in [0.3, 0.4) is 0 Å². The van der Waals surface area contributed by atoms with Gasteiger partial charge in [-0.05, 0) is 54.4 Å². The molecule has 2 aliphatic rings. The number of nitrogens with zero attached hydrogens (tertiary/aromatic N) is 1. The van der Waals surface area contributed by atoms with Crippen LogP contribution in [0.1, 0.15) is 42.5 Å². The van der Waals surface area contributed by atoms with E-state index in [2.05, 4.69) is 59.2 Å². The van der Waals surface area contributed by atoms with E-state index in [0.29, 0.717) is 0 Å². The highest BCUT2D eigenvalue weighted by molar-refractivity contribution is 5.69. The molecular formula is C24H23NO. The summed E-state index contributed by atoms with van der Waals surface area (Å²) >= 11 is 0. The number of benzene rings is 2. The molecule has 0 amide bonds. The van der Waals surface area contributed by atoms with Crippen molar-refractivity contribution in [1.82, 2.24) is 4.57 Å². The molecule has 0 spiro atoms. The molecule has 0 fully saturated rings. The Kier molecular flexibility index (Phi) is 3.59. The maximum Gasteiger partial charge on any atom is 0.251 e. The van der Waals surface area contributed by atoms with Gasteiger partial charge in [-0.2, -0.15) is 0 Å². The van der Waals surface area contributed by atoms with Gasteiger partial charge >= 0.3 is 0 Å². The zero-order chi connectivity index (χ0) is 17.6. The third kappa shape index (κ3) is 2.21. The van der Waals surface area contributed by atoms with Crippen molar-refractivity contribution in [3.8, 4) is 11.1 Å². The van der Waals surface area contributed by atoms with Crippen molar-refractivity contribution in [2.24, 2.45) is 0 Å². The minimum atomic E-state index is -0.00293. The number of hydrogen-bond acceptors (Lipinski definition) is 1. The first-order valence-corrected chi connectivity index (χ1v) is 9.68. The molecule has 1 aromatic heterocycles. The van der Waals surface area contributed by atoms with Gasteiger partial charge < -0.3 is 4.57 Å². The number of rotatable bonds is 2. The van der Waals surface area contributed by atoms with Crippen LogP contribution in [0.2, 0.25) is 0 Å². The molecule has 0 saturated carbocycles. The Balaban J connectivity index is 1.84. The van der Waals surface area contributed by atoms with Gasteiger partial charge in [0.15, 0.2) is 0 Å². The summed E-state index contributed by atoms with van der Waals surface area (Å²) in [6, 6.07) is 23.2. The quantitative estimate of drug-likeness (QED) is 0.648. The lowest BCUT2D eigenvalue weighted by Gasteiger charge is -2.45. The smallest absolute Gasteiger partial charge is 0.251 e. The van der Waals surface area contributed by atoms with E-state index < -0.39 is 0 Å². The molecule has 1 atom stereocenters. The summed E-state index contributed by atoms with van der Waals surface area (Å²) in [5, 5.41) is 0. The molecule has 26 heavy (non-hydrogen) atoms. The first kappa shape index (κ1) is 15.6. The Morgan fingerprint density at radius 1 is 0.846 bits per heavy atom. The second-order valence-corrected chi connectivity index (χ2v) is 7.65. The first-order valence-electron chi connectivity index (χ1n) is 9.68. The molecule has 0 bridgehead atoms. The highest BCUT2D eigenvalue weighted by atomic mass is 16.1. The topological polar surface area (TPSA) is 22.0 Å². The SMILES string of the molecule is O=c1cc(-c2ccccc2)c2c3n1CCCC3(c1ccccc1)CCC2. The van der Waals surface area contributed by atoms with Gasteiger partial charge in [0.1, 0.15) is 0 Å². The lowest BCUT2D eigenvalue weighted by Crippen LogP contribution is -2.43. The summed E-state index contributed by atoms with van der Waals surface area (Å²) in [6.07, 6.45) is 5.60. The highest BCUT2D eigenvalue weighted by Crippen LogP contribution is 2.49. The molecule has 1 aliphatic heterocycles. The zero-order valence-corrected chi connectivity index (χ0v) is 14.9. The lowest BCUT2D eigenvalue weighted by atomic mass is 9.63. The van der Waals surface area contributed by atoms with Crippen LogP contribution in [0.15, 0.2) is 71.5 Å². The van der Waals surface area contributed by atoms with Gasteiger partial charge in [-0.3, -0.25) is 4.79 Å². The third-order valence-corrected chi connectivity index (χ3v) is 6.29. The van der Waals surface area contributed by atoms with Gasteiger partial charge in [0.25, 0.3) is 5.56 Å². The fraction of sp³-hybridized carbons (Fsp3) is 0.292. The fourth-order valence-corrected chi connectivity index (χ4v) is 5.24. The van der Waals surface area contributed by atoms with Crippen molar-refractivity contribution in [2.75, 3.05) is 0 Å². The van der Waals surface area contributed by atoms with E-state index in [1.165, 1.54) is 23.2 Å². The van der Waals surface area contributed by atoms with E-state index >= 15 is 0 Å². The lowest BCUT2D eigenvalue weighted by molar-refractivity contribution is 0.307. The molecule has 3 aromatic rings. The summed E-state index contributed by atoms with van der Waals surface area (Å²) in [7, 11) is 0. The van der Waals surface area contributed by atoms with Gasteiger partial charge in [0.05, 0.1) is 0 Å². The molecule has 0 saturated heterocycles. The van der Waals surface area contributed by atoms with E-state index in [9.17, 15) is 4.79 Å². The van der Waals surface area contributed by atoms with Crippen molar-refractivity contribution in [1.29, 1.82) is 0 Å². The van der Waals surface area contributed by atoms with E-state index in [-0.39, 0.29) is 11.0 Å². The summed E-state index contributed by atoms with van der Waals surface area (Å²) < 4.78 is 2.08. The summed E-state index contributed by atoms with van der Waals surface area (Å²) in [6.45, 7) is 0.852. The minimum absolute atomic E-state index is 0.00293. The van der Waals surface area contributed by atoms with Gasteiger partial charge in [0, 0.05) is 23.7 Å². The van der Waals surface area contributed by atoms with Gasteiger partial charge in [-0.15, -0.1) is 0 Å². The predicted octanol–water partition coefficient (Wildman–Crippen LogP) is 4.93. The van der Waals surface area contributed by atoms with Crippen molar-refractivity contribution < 1.29 is 0 Å². The Labute approximate surface area is 154 Å². The summed E-state index contributed by atoms with van der Waals surface area (Å²) in [4.78, 5) is 13.0. The highest BCUT2D eigenvalue weighted by Gasteiger charge is 2.43. The average Bonchev–Trinajstić information content (AvgIpc) is 2.72. The molecule has 2 aromatic carbocycles. The Morgan fingerprint density at radius 3 is 2.31 bits per heavy atom. The predicted molar refractivity (Wildman–Crippen MR) is 106 cm³/mol. The Bertz CT molecular complexity index is 1000. The molecule has 130 valence electrons. The second-order valence-electron chi connectivity index (χ2n) is 7.65. The van der Waals surface area contributed by atoms with E-state index in [4.69, 9.17) is 0 Å². The molecule has 0 N–H and O–H groups in total. The summed E-state index contributed by atoms with van der Waals surface area (Å²) in [5.74, 6) is 0. The van der Waals surface area contributed by atoms with Crippen LogP contribution in [0.5, 0.6) is 0 Å². The molecule has 2 heterocycles. The molecule has 1 aliphatic carbocycles. The average molecular weight is 341 g/mol. The first-order chi connectivity index (χ1) is 12.8. The molecular weight excluding hydrogens is 318 g/mol. The molecule has 0 radical (unpaired) electrons. The van der Waals surface area contributed by atoms with Crippen LogP contribution in [0, 0.1) is 0 Å². The molecule has 1 unspecified atom stereocenters. The van der Waals surface area contributed by atoms with Crippen LogP contribution in [0.25, 0.3) is 11.1 Å². The fourth-order valence-electron chi connectivity index (χ4n) is 5.24. The summed E-state index contributed by atoms with van der Waals surface area (Å²) in [5.41, 5.74) is 6.53. The third-order valence-electron chi connectivity index (χ3n) is 6.29. The van der Waals surface area contributed by atoms with Crippen molar-refractivity contribution in [2.45, 2.75) is 44.1 Å². The van der Waals surface area contributed by atoms with Gasteiger partial charge in [-0.25, -0.2) is 0 Å². The maximum atomic E-state index is 13.0. The van der Waals surface area contributed by atoms with E-state index in [0.717, 1.165) is 43.4 Å². The van der Waals surface area contributed by atoms with Crippen LogP contribution < -0.4 is 5.56 Å². The van der Waals surface area contributed by atoms with Crippen LogP contribution >= 0.6 is 0 Å². The van der Waals surface area contributed by atoms with E-state index in [1.54, 1.807) is 0 Å². The number of aromatic nitrogens is 1. The maximum absolute atomic E-state index is 13.0. The molecule has 2 nitrogen and oxygen atoms in total. The number of pyridine rings is 1. The van der Waals surface area contributed by atoms with E-state index in [1.807, 2.05) is 12.1 Å². The van der Waals surface area contributed by atoms with Crippen molar-refractivity contribution >= 4 is 0 Å².